The Morgan fingerprint density at radius 1 is 1.23 bits per heavy atom. The Morgan fingerprint density at radius 2 is 1.95 bits per heavy atom. The fourth-order valence-corrected chi connectivity index (χ4v) is 3.09. The maximum Gasteiger partial charge on any atom is 0.145 e. The summed E-state index contributed by atoms with van der Waals surface area (Å²) in [7, 11) is 0. The predicted octanol–water partition coefficient (Wildman–Crippen LogP) is 5.01. The van der Waals surface area contributed by atoms with E-state index in [1.54, 1.807) is 6.26 Å². The normalized spacial score (nSPS) is 16.2. The van der Waals surface area contributed by atoms with Crippen molar-refractivity contribution in [2.75, 3.05) is 6.61 Å². The van der Waals surface area contributed by atoms with Gasteiger partial charge in [-0.3, -0.25) is 0 Å². The first kappa shape index (κ1) is 15.3. The molecule has 0 unspecified atom stereocenters. The number of thiocarbonyl (C=S) groups is 1. The van der Waals surface area contributed by atoms with E-state index in [1.807, 2.05) is 12.1 Å². The summed E-state index contributed by atoms with van der Waals surface area (Å²) >= 11 is 5.63. The summed E-state index contributed by atoms with van der Waals surface area (Å²) in [6.45, 7) is 11.8. The molecule has 2 heterocycles. The lowest BCUT2D eigenvalue weighted by Gasteiger charge is -2.24. The molecule has 0 saturated carbocycles. The molecular formula is C19H22O2S. The molecule has 2 aromatic rings. The summed E-state index contributed by atoms with van der Waals surface area (Å²) in [5, 5.41) is 0. The van der Waals surface area contributed by atoms with Crippen molar-refractivity contribution in [1.82, 2.24) is 0 Å². The smallest absolute Gasteiger partial charge is 0.145 e. The Labute approximate surface area is 137 Å². The molecule has 0 atom stereocenters. The molecule has 0 spiro atoms. The van der Waals surface area contributed by atoms with Gasteiger partial charge in [-0.25, -0.2) is 0 Å². The Hall–Kier alpha value is -1.61. The molecule has 2 nitrogen and oxygen atoms in total. The largest absolute Gasteiger partial charge is 0.492 e. The number of fused-ring (bicyclic) bond motifs is 1. The van der Waals surface area contributed by atoms with Gasteiger partial charge in [0.15, 0.2) is 0 Å². The van der Waals surface area contributed by atoms with Crippen LogP contribution in [0.15, 0.2) is 34.9 Å². The molecule has 0 fully saturated rings. The molecule has 1 aromatic carbocycles. The van der Waals surface area contributed by atoms with Gasteiger partial charge in [0.2, 0.25) is 0 Å². The van der Waals surface area contributed by atoms with Gasteiger partial charge in [0, 0.05) is 16.5 Å². The number of benzene rings is 1. The first-order valence-electron chi connectivity index (χ1n) is 7.60. The van der Waals surface area contributed by atoms with Crippen molar-refractivity contribution in [3.05, 3.63) is 53.0 Å². The number of rotatable bonds is 2. The van der Waals surface area contributed by atoms with Crippen LogP contribution in [0.4, 0.5) is 0 Å². The maximum atomic E-state index is 6.03. The van der Waals surface area contributed by atoms with Gasteiger partial charge in [-0.1, -0.05) is 46.8 Å². The SMILES string of the molecule is CC(C)(C)c1cc(C(=S)c2ccco2)cc2c1OCC2(C)C. The maximum absolute atomic E-state index is 6.03. The van der Waals surface area contributed by atoms with Gasteiger partial charge in [0.05, 0.1) is 17.7 Å². The molecule has 116 valence electrons. The van der Waals surface area contributed by atoms with Crippen LogP contribution in [-0.4, -0.2) is 11.5 Å². The first-order chi connectivity index (χ1) is 10.2. The van der Waals surface area contributed by atoms with Crippen LogP contribution in [0.2, 0.25) is 0 Å². The van der Waals surface area contributed by atoms with Crippen molar-refractivity contribution in [2.45, 2.75) is 45.4 Å². The summed E-state index contributed by atoms with van der Waals surface area (Å²) in [5.74, 6) is 1.77. The van der Waals surface area contributed by atoms with Gasteiger partial charge < -0.3 is 9.15 Å². The van der Waals surface area contributed by atoms with Gasteiger partial charge in [-0.05, 0) is 35.2 Å². The fourth-order valence-electron chi connectivity index (χ4n) is 2.86. The summed E-state index contributed by atoms with van der Waals surface area (Å²) < 4.78 is 11.5. The Balaban J connectivity index is 2.20. The highest BCUT2D eigenvalue weighted by Crippen LogP contribution is 2.45. The molecule has 1 aliphatic rings. The summed E-state index contributed by atoms with van der Waals surface area (Å²) in [4.78, 5) is 0.751. The number of ether oxygens (including phenoxy) is 1. The zero-order chi connectivity index (χ0) is 16.1. The van der Waals surface area contributed by atoms with Crippen molar-refractivity contribution in [2.24, 2.45) is 0 Å². The second-order valence-corrected chi connectivity index (χ2v) is 8.04. The van der Waals surface area contributed by atoms with E-state index in [0.717, 1.165) is 21.9 Å². The van der Waals surface area contributed by atoms with Crippen molar-refractivity contribution >= 4 is 17.1 Å². The molecule has 1 aliphatic heterocycles. The highest BCUT2D eigenvalue weighted by Gasteiger charge is 2.36. The third-order valence-corrected chi connectivity index (χ3v) is 4.65. The molecule has 0 bridgehead atoms. The van der Waals surface area contributed by atoms with E-state index in [1.165, 1.54) is 11.1 Å². The third kappa shape index (κ3) is 2.48. The zero-order valence-electron chi connectivity index (χ0n) is 13.8. The van der Waals surface area contributed by atoms with Crippen LogP contribution in [-0.2, 0) is 10.8 Å². The molecule has 0 amide bonds. The standard InChI is InChI=1S/C19H22O2S/c1-18(2,3)13-9-12(17(22)15-7-6-8-20-15)10-14-16(13)21-11-19(14,4)5/h6-10H,11H2,1-5H3. The summed E-state index contributed by atoms with van der Waals surface area (Å²) in [6.07, 6.45) is 1.66. The summed E-state index contributed by atoms with van der Waals surface area (Å²) in [5.41, 5.74) is 3.49. The third-order valence-electron chi connectivity index (χ3n) is 4.21. The molecule has 0 N–H and O–H groups in total. The van der Waals surface area contributed by atoms with E-state index in [9.17, 15) is 0 Å². The molecule has 3 heteroatoms. The van der Waals surface area contributed by atoms with Crippen LogP contribution < -0.4 is 4.74 Å². The monoisotopic (exact) mass is 314 g/mol. The van der Waals surface area contributed by atoms with E-state index >= 15 is 0 Å². The predicted molar refractivity (Wildman–Crippen MR) is 93.2 cm³/mol. The van der Waals surface area contributed by atoms with Crippen molar-refractivity contribution in [1.29, 1.82) is 0 Å². The minimum absolute atomic E-state index is 0.000704. The highest BCUT2D eigenvalue weighted by molar-refractivity contribution is 7.81. The summed E-state index contributed by atoms with van der Waals surface area (Å²) in [6, 6.07) is 8.11. The Kier molecular flexibility index (Phi) is 3.44. The van der Waals surface area contributed by atoms with Crippen molar-refractivity contribution < 1.29 is 9.15 Å². The van der Waals surface area contributed by atoms with Crippen LogP contribution in [0.25, 0.3) is 0 Å². The van der Waals surface area contributed by atoms with Gasteiger partial charge in [0.25, 0.3) is 0 Å². The molecule has 0 radical (unpaired) electrons. The molecule has 0 aliphatic carbocycles. The van der Waals surface area contributed by atoms with Crippen molar-refractivity contribution in [3.8, 4) is 5.75 Å². The van der Waals surface area contributed by atoms with Gasteiger partial charge in [-0.15, -0.1) is 0 Å². The Morgan fingerprint density at radius 3 is 2.55 bits per heavy atom. The number of furan rings is 1. The minimum Gasteiger partial charge on any atom is -0.492 e. The lowest BCUT2D eigenvalue weighted by atomic mass is 9.79. The second-order valence-electron chi connectivity index (χ2n) is 7.63. The lowest BCUT2D eigenvalue weighted by Crippen LogP contribution is -2.19. The van der Waals surface area contributed by atoms with Gasteiger partial charge in [0.1, 0.15) is 11.5 Å². The number of hydrogen-bond donors (Lipinski definition) is 0. The molecule has 0 saturated heterocycles. The van der Waals surface area contributed by atoms with E-state index in [0.29, 0.717) is 6.61 Å². The van der Waals surface area contributed by atoms with Crippen LogP contribution in [0.1, 0.15) is 57.1 Å². The van der Waals surface area contributed by atoms with Gasteiger partial charge >= 0.3 is 0 Å². The second kappa shape index (κ2) is 4.95. The van der Waals surface area contributed by atoms with E-state index in [2.05, 4.69) is 46.8 Å². The van der Waals surface area contributed by atoms with Crippen molar-refractivity contribution in [3.63, 3.8) is 0 Å². The Bertz CT molecular complexity index is 719. The zero-order valence-corrected chi connectivity index (χ0v) is 14.6. The fraction of sp³-hybridized carbons (Fsp3) is 0.421. The molecule has 22 heavy (non-hydrogen) atoms. The van der Waals surface area contributed by atoms with E-state index in [-0.39, 0.29) is 10.8 Å². The minimum atomic E-state index is -0.000704. The topological polar surface area (TPSA) is 22.4 Å². The average molecular weight is 314 g/mol. The quantitative estimate of drug-likeness (QED) is 0.574. The number of hydrogen-bond acceptors (Lipinski definition) is 3. The van der Waals surface area contributed by atoms with Crippen LogP contribution >= 0.6 is 12.2 Å². The van der Waals surface area contributed by atoms with Gasteiger partial charge in [-0.2, -0.15) is 0 Å². The van der Waals surface area contributed by atoms with Crippen LogP contribution in [0.3, 0.4) is 0 Å². The lowest BCUT2D eigenvalue weighted by molar-refractivity contribution is 0.286. The first-order valence-corrected chi connectivity index (χ1v) is 8.01. The van der Waals surface area contributed by atoms with Crippen LogP contribution in [0.5, 0.6) is 5.75 Å². The molecular weight excluding hydrogens is 292 g/mol. The van der Waals surface area contributed by atoms with E-state index in [4.69, 9.17) is 21.4 Å². The average Bonchev–Trinajstić information content (AvgIpc) is 3.05. The van der Waals surface area contributed by atoms with E-state index < -0.39 is 0 Å². The molecule has 1 aromatic heterocycles. The highest BCUT2D eigenvalue weighted by atomic mass is 32.1. The van der Waals surface area contributed by atoms with Crippen LogP contribution in [0, 0.1) is 0 Å². The molecule has 3 rings (SSSR count).